The molecule has 0 heterocycles. The van der Waals surface area contributed by atoms with Crippen molar-refractivity contribution in [2.24, 2.45) is 5.92 Å². The maximum Gasteiger partial charge on any atom is 0.321 e. The summed E-state index contributed by atoms with van der Waals surface area (Å²) >= 11 is 0. The van der Waals surface area contributed by atoms with Crippen molar-refractivity contribution in [3.8, 4) is 0 Å². The van der Waals surface area contributed by atoms with Gasteiger partial charge in [-0.15, -0.1) is 0 Å². The summed E-state index contributed by atoms with van der Waals surface area (Å²) in [6.45, 7) is 5.69. The van der Waals surface area contributed by atoms with Crippen LogP contribution in [-0.4, -0.2) is 38.9 Å². The highest BCUT2D eigenvalue weighted by Crippen LogP contribution is 2.04. The second-order valence-electron chi connectivity index (χ2n) is 4.25. The first-order chi connectivity index (χ1) is 7.84. The van der Waals surface area contributed by atoms with Gasteiger partial charge in [-0.1, -0.05) is 13.8 Å². The molecule has 6 heteroatoms. The van der Waals surface area contributed by atoms with Crippen molar-refractivity contribution in [3.05, 3.63) is 0 Å². The molecule has 100 valence electrons. The van der Waals surface area contributed by atoms with Crippen LogP contribution in [0.1, 0.15) is 33.6 Å². The Labute approximate surface area is 104 Å². The first kappa shape index (κ1) is 16.1. The minimum absolute atomic E-state index is 0.0283. The van der Waals surface area contributed by atoms with E-state index in [1.54, 1.807) is 6.92 Å². The largest absolute Gasteiger partial charge is 0.481 e. The predicted octanol–water partition coefficient (Wildman–Crippen LogP) is 1.19. The third kappa shape index (κ3) is 7.90. The number of aliphatic carboxylic acids is 1. The Hall–Kier alpha value is -0.910. The summed E-state index contributed by atoms with van der Waals surface area (Å²) in [6.07, 6.45) is 0.281. The molecule has 0 amide bonds. The highest BCUT2D eigenvalue weighted by atomic mass is 32.2. The van der Waals surface area contributed by atoms with Gasteiger partial charge in [0.1, 0.15) is 5.25 Å². The zero-order valence-electron chi connectivity index (χ0n) is 10.5. The van der Waals surface area contributed by atoms with Gasteiger partial charge in [0.15, 0.2) is 0 Å². The van der Waals surface area contributed by atoms with E-state index in [-0.39, 0.29) is 18.1 Å². The van der Waals surface area contributed by atoms with Gasteiger partial charge in [-0.3, -0.25) is 13.8 Å². The van der Waals surface area contributed by atoms with E-state index >= 15 is 0 Å². The molecule has 0 spiro atoms. The smallest absolute Gasteiger partial charge is 0.321 e. The quantitative estimate of drug-likeness (QED) is 0.666. The number of carbonyl (C=O) groups is 2. The van der Waals surface area contributed by atoms with E-state index < -0.39 is 28.0 Å². The molecule has 0 saturated carbocycles. The highest BCUT2D eigenvalue weighted by Gasteiger charge is 2.21. The van der Waals surface area contributed by atoms with Crippen molar-refractivity contribution < 1.29 is 23.6 Å². The molecule has 0 aromatic heterocycles. The lowest BCUT2D eigenvalue weighted by molar-refractivity contribution is -0.143. The van der Waals surface area contributed by atoms with Gasteiger partial charge in [0, 0.05) is 23.0 Å². The van der Waals surface area contributed by atoms with Gasteiger partial charge < -0.3 is 9.84 Å². The maximum absolute atomic E-state index is 11.6. The van der Waals surface area contributed by atoms with Crippen LogP contribution in [-0.2, 0) is 25.1 Å². The third-order valence-corrected chi connectivity index (χ3v) is 3.69. The van der Waals surface area contributed by atoms with Crippen LogP contribution in [0.5, 0.6) is 0 Å². The van der Waals surface area contributed by atoms with Crippen molar-refractivity contribution >= 4 is 22.7 Å². The summed E-state index contributed by atoms with van der Waals surface area (Å²) in [5.41, 5.74) is 0. The topological polar surface area (TPSA) is 80.7 Å². The molecule has 0 rings (SSSR count). The molecule has 0 bridgehead atoms. The molecular formula is C11H20O5S. The van der Waals surface area contributed by atoms with Crippen molar-refractivity contribution in [3.63, 3.8) is 0 Å². The summed E-state index contributed by atoms with van der Waals surface area (Å²) in [4.78, 5) is 21.7. The predicted molar refractivity (Wildman–Crippen MR) is 65.1 cm³/mol. The fraction of sp³-hybridized carbons (Fsp3) is 0.818. The number of esters is 1. The van der Waals surface area contributed by atoms with Gasteiger partial charge in [-0.25, -0.2) is 0 Å². The first-order valence-corrected chi connectivity index (χ1v) is 6.98. The molecule has 0 aromatic carbocycles. The number of carbonyl (C=O) groups excluding carboxylic acids is 1. The van der Waals surface area contributed by atoms with Crippen LogP contribution in [0.4, 0.5) is 0 Å². The normalized spacial score (nSPS) is 14.4. The van der Waals surface area contributed by atoms with Crippen LogP contribution in [0.15, 0.2) is 0 Å². The summed E-state index contributed by atoms with van der Waals surface area (Å²) in [6, 6.07) is 0. The third-order valence-electron chi connectivity index (χ3n) is 2.02. The molecule has 0 aromatic rings. The number of rotatable bonds is 8. The standard InChI is InChI=1S/C11H20O5S/c1-8(2)7-16-11(14)9(3)17(15)6-4-5-10(12)13/h8-9H,4-7H2,1-3H3,(H,12,13). The Morgan fingerprint density at radius 3 is 2.35 bits per heavy atom. The minimum Gasteiger partial charge on any atom is -0.481 e. The molecule has 0 aliphatic heterocycles. The van der Waals surface area contributed by atoms with Crippen LogP contribution in [0.3, 0.4) is 0 Å². The molecule has 0 aliphatic carbocycles. The number of ether oxygens (including phenoxy) is 1. The Balaban J connectivity index is 3.94. The van der Waals surface area contributed by atoms with Gasteiger partial charge in [-0.05, 0) is 19.3 Å². The lowest BCUT2D eigenvalue weighted by atomic mass is 10.2. The van der Waals surface area contributed by atoms with Gasteiger partial charge in [-0.2, -0.15) is 0 Å². The van der Waals surface area contributed by atoms with Crippen molar-refractivity contribution in [2.75, 3.05) is 12.4 Å². The van der Waals surface area contributed by atoms with Gasteiger partial charge in [0.05, 0.1) is 6.61 Å². The number of carboxylic acids is 1. The molecule has 2 unspecified atom stereocenters. The van der Waals surface area contributed by atoms with E-state index in [9.17, 15) is 13.8 Å². The Bertz CT molecular complexity index is 288. The zero-order valence-corrected chi connectivity index (χ0v) is 11.3. The van der Waals surface area contributed by atoms with Crippen molar-refractivity contribution in [1.82, 2.24) is 0 Å². The van der Waals surface area contributed by atoms with Gasteiger partial charge in [0.2, 0.25) is 0 Å². The average molecular weight is 264 g/mol. The van der Waals surface area contributed by atoms with E-state index in [1.165, 1.54) is 0 Å². The second kappa shape index (κ2) is 8.22. The van der Waals surface area contributed by atoms with E-state index in [0.29, 0.717) is 13.0 Å². The fourth-order valence-corrected chi connectivity index (χ4v) is 2.08. The van der Waals surface area contributed by atoms with Crippen LogP contribution in [0.2, 0.25) is 0 Å². The SMILES string of the molecule is CC(C)COC(=O)C(C)S(=O)CCCC(=O)O. The van der Waals surface area contributed by atoms with E-state index in [2.05, 4.69) is 0 Å². The molecule has 5 nitrogen and oxygen atoms in total. The Morgan fingerprint density at radius 1 is 1.29 bits per heavy atom. The summed E-state index contributed by atoms with van der Waals surface area (Å²) < 4.78 is 16.6. The molecule has 0 saturated heterocycles. The second-order valence-corrected chi connectivity index (χ2v) is 6.13. The van der Waals surface area contributed by atoms with Crippen LogP contribution < -0.4 is 0 Å². The van der Waals surface area contributed by atoms with Crippen LogP contribution in [0, 0.1) is 5.92 Å². The fourth-order valence-electron chi connectivity index (χ4n) is 1.02. The van der Waals surface area contributed by atoms with E-state index in [4.69, 9.17) is 9.84 Å². The Kier molecular flexibility index (Phi) is 7.78. The molecule has 2 atom stereocenters. The number of carboxylic acid groups (broad SMARTS) is 1. The summed E-state index contributed by atoms with van der Waals surface area (Å²) in [5.74, 6) is -0.944. The lowest BCUT2D eigenvalue weighted by Crippen LogP contribution is -2.27. The van der Waals surface area contributed by atoms with Gasteiger partial charge >= 0.3 is 11.9 Å². The molecule has 0 aliphatic rings. The van der Waals surface area contributed by atoms with Crippen molar-refractivity contribution in [1.29, 1.82) is 0 Å². The highest BCUT2D eigenvalue weighted by molar-refractivity contribution is 7.86. The van der Waals surface area contributed by atoms with Crippen molar-refractivity contribution in [2.45, 2.75) is 38.9 Å². The molecular weight excluding hydrogens is 244 g/mol. The maximum atomic E-state index is 11.6. The average Bonchev–Trinajstić information content (AvgIpc) is 2.24. The zero-order chi connectivity index (χ0) is 13.4. The van der Waals surface area contributed by atoms with E-state index in [0.717, 1.165) is 0 Å². The molecule has 1 N–H and O–H groups in total. The molecule has 0 fully saturated rings. The summed E-state index contributed by atoms with van der Waals surface area (Å²) in [7, 11) is -1.36. The molecule has 17 heavy (non-hydrogen) atoms. The number of hydrogen-bond acceptors (Lipinski definition) is 4. The number of hydrogen-bond donors (Lipinski definition) is 1. The van der Waals surface area contributed by atoms with Gasteiger partial charge in [0.25, 0.3) is 0 Å². The van der Waals surface area contributed by atoms with E-state index in [1.807, 2.05) is 13.8 Å². The van der Waals surface area contributed by atoms with Crippen LogP contribution in [0.25, 0.3) is 0 Å². The first-order valence-electron chi connectivity index (χ1n) is 5.60. The monoisotopic (exact) mass is 264 g/mol. The molecule has 0 radical (unpaired) electrons. The van der Waals surface area contributed by atoms with Crippen LogP contribution >= 0.6 is 0 Å². The Morgan fingerprint density at radius 2 is 1.88 bits per heavy atom. The summed E-state index contributed by atoms with van der Waals surface area (Å²) in [5, 5.41) is 7.74. The minimum atomic E-state index is -1.36. The lowest BCUT2D eigenvalue weighted by Gasteiger charge is -2.12.